The molecule has 0 aliphatic rings. The number of hydrogen-bond donors (Lipinski definition) is 0. The molecule has 0 unspecified atom stereocenters. The first-order valence-electron chi connectivity index (χ1n) is 11.1. The first-order valence-corrected chi connectivity index (χ1v) is 14.7. The van der Waals surface area contributed by atoms with Gasteiger partial charge in [-0.15, -0.1) is 11.3 Å². The molecule has 0 saturated carbocycles. The Morgan fingerprint density at radius 3 is 2.52 bits per heavy atom. The van der Waals surface area contributed by atoms with Gasteiger partial charge in [0.25, 0.3) is 0 Å². The summed E-state index contributed by atoms with van der Waals surface area (Å²) in [6, 6.07) is 8.65. The molecule has 1 aromatic carbocycles. The average Bonchev–Trinajstić information content (AvgIpc) is 3.30. The van der Waals surface area contributed by atoms with E-state index in [4.69, 9.17) is 4.74 Å². The fourth-order valence-electron chi connectivity index (χ4n) is 3.23. The lowest BCUT2D eigenvalue weighted by Gasteiger charge is -2.14. The van der Waals surface area contributed by atoms with Gasteiger partial charge < -0.3 is 4.74 Å². The van der Waals surface area contributed by atoms with Crippen LogP contribution in [0.15, 0.2) is 57.7 Å². The maximum Gasteiger partial charge on any atom is 0.175 e. The second-order valence-corrected chi connectivity index (χ2v) is 12.6. The van der Waals surface area contributed by atoms with Crippen LogP contribution in [0.3, 0.4) is 0 Å². The van der Waals surface area contributed by atoms with Crippen molar-refractivity contribution >= 4 is 43.6 Å². The van der Waals surface area contributed by atoms with Crippen molar-refractivity contribution in [3.63, 3.8) is 0 Å². The third kappa shape index (κ3) is 8.47. The van der Waals surface area contributed by atoms with Gasteiger partial charge in [-0.2, -0.15) is 0 Å². The summed E-state index contributed by atoms with van der Waals surface area (Å²) in [4.78, 5) is 16.7. The van der Waals surface area contributed by atoms with Gasteiger partial charge in [0.2, 0.25) is 0 Å². The van der Waals surface area contributed by atoms with Crippen LogP contribution in [0, 0.1) is 5.92 Å². The van der Waals surface area contributed by atoms with E-state index >= 15 is 0 Å². The minimum atomic E-state index is -3.41. The smallest absolute Gasteiger partial charge is 0.175 e. The van der Waals surface area contributed by atoms with Gasteiger partial charge in [0, 0.05) is 22.5 Å². The molecule has 0 N–H and O–H groups in total. The molecule has 0 atom stereocenters. The number of ether oxygens (including phenoxy) is 1. The molecule has 1 aromatic heterocycles. The Morgan fingerprint density at radius 2 is 1.94 bits per heavy atom. The topological polar surface area (TPSA) is 60.4 Å². The molecule has 0 radical (unpaired) electrons. The van der Waals surface area contributed by atoms with Crippen molar-refractivity contribution in [1.82, 2.24) is 0 Å². The molecular formula is C26H34O4S3. The zero-order valence-corrected chi connectivity index (χ0v) is 22.6. The minimum Gasteiger partial charge on any atom is -0.493 e. The molecule has 0 fully saturated rings. The van der Waals surface area contributed by atoms with E-state index < -0.39 is 9.84 Å². The maximum absolute atomic E-state index is 13.0. The summed E-state index contributed by atoms with van der Waals surface area (Å²) in [5.74, 6) is 0.649. The van der Waals surface area contributed by atoms with Crippen LogP contribution in [0.2, 0.25) is 0 Å². The molecule has 0 aliphatic heterocycles. The monoisotopic (exact) mass is 506 g/mol. The molecule has 1 heterocycles. The van der Waals surface area contributed by atoms with E-state index in [0.717, 1.165) is 24.0 Å². The molecular weight excluding hydrogens is 472 g/mol. The highest BCUT2D eigenvalue weighted by atomic mass is 32.2. The molecule has 33 heavy (non-hydrogen) atoms. The first kappa shape index (κ1) is 27.4. The molecule has 0 aliphatic carbocycles. The van der Waals surface area contributed by atoms with E-state index in [1.807, 2.05) is 25.3 Å². The number of rotatable bonds is 13. The van der Waals surface area contributed by atoms with Crippen molar-refractivity contribution < 1.29 is 17.9 Å². The zero-order chi connectivity index (χ0) is 24.6. The van der Waals surface area contributed by atoms with Gasteiger partial charge in [-0.05, 0) is 66.7 Å². The zero-order valence-electron chi connectivity index (χ0n) is 20.1. The number of thiophene rings is 1. The Balaban J connectivity index is 2.10. The summed E-state index contributed by atoms with van der Waals surface area (Å²) in [7, 11) is -3.41. The number of allylic oxidation sites excluding steroid dienone is 2. The Kier molecular flexibility index (Phi) is 10.5. The minimum absolute atomic E-state index is 0.0965. The number of Topliss-reactive ketones (excluding diaryl/α,β-unsaturated/α-hetero) is 1. The normalized spacial score (nSPS) is 12.5. The van der Waals surface area contributed by atoms with Gasteiger partial charge in [0.1, 0.15) is 5.75 Å². The highest BCUT2D eigenvalue weighted by Gasteiger charge is 2.18. The van der Waals surface area contributed by atoms with E-state index in [0.29, 0.717) is 36.7 Å². The van der Waals surface area contributed by atoms with Crippen molar-refractivity contribution in [3.8, 4) is 5.75 Å². The summed E-state index contributed by atoms with van der Waals surface area (Å²) in [6.45, 7) is 13.0. The lowest BCUT2D eigenvalue weighted by Crippen LogP contribution is -2.10. The van der Waals surface area contributed by atoms with Gasteiger partial charge in [-0.3, -0.25) is 4.79 Å². The lowest BCUT2D eigenvalue weighted by molar-refractivity contribution is 0.0975. The number of benzene rings is 1. The van der Waals surface area contributed by atoms with Crippen LogP contribution in [-0.2, 0) is 9.84 Å². The number of carbonyl (C=O) groups is 1. The van der Waals surface area contributed by atoms with E-state index in [9.17, 15) is 13.2 Å². The molecule has 0 amide bonds. The number of ketones is 1. The number of sulfone groups is 1. The van der Waals surface area contributed by atoms with Crippen LogP contribution in [0.1, 0.15) is 68.6 Å². The summed E-state index contributed by atoms with van der Waals surface area (Å²) >= 11 is 3.39. The molecule has 0 bridgehead atoms. The Bertz CT molecular complexity index is 1090. The quantitative estimate of drug-likeness (QED) is 0.261. The van der Waals surface area contributed by atoms with E-state index in [1.54, 1.807) is 29.2 Å². The summed E-state index contributed by atoms with van der Waals surface area (Å²) < 4.78 is 29.8. The fourth-order valence-corrected chi connectivity index (χ4v) is 5.62. The summed E-state index contributed by atoms with van der Waals surface area (Å²) in [6.07, 6.45) is 3.88. The van der Waals surface area contributed by atoms with E-state index in [1.165, 1.54) is 27.5 Å². The maximum atomic E-state index is 13.0. The molecule has 2 rings (SSSR count). The van der Waals surface area contributed by atoms with Gasteiger partial charge in [-0.1, -0.05) is 50.8 Å². The molecule has 0 saturated heterocycles. The van der Waals surface area contributed by atoms with Gasteiger partial charge in [0.15, 0.2) is 15.6 Å². The number of thioether (sulfide) groups is 1. The highest BCUT2D eigenvalue weighted by Crippen LogP contribution is 2.38. The fraction of sp³-hybridized carbons (Fsp3) is 0.423. The highest BCUT2D eigenvalue weighted by molar-refractivity contribution is 8.11. The van der Waals surface area contributed by atoms with Crippen molar-refractivity contribution in [1.29, 1.82) is 0 Å². The first-order chi connectivity index (χ1) is 15.5. The second-order valence-electron chi connectivity index (χ2n) is 8.47. The van der Waals surface area contributed by atoms with Crippen LogP contribution in [0.25, 0.3) is 4.91 Å². The SMILES string of the molecule is C=C(S/C(CC)=C(\C)CCCC(=O)c1cc(S(C)(=O)=O)ccc1OCC(C)C)c1cccs1. The second kappa shape index (κ2) is 12.6. The van der Waals surface area contributed by atoms with Crippen molar-refractivity contribution in [2.24, 2.45) is 5.92 Å². The third-order valence-corrected chi connectivity index (χ3v) is 8.57. The van der Waals surface area contributed by atoms with Gasteiger partial charge in [-0.25, -0.2) is 8.42 Å². The Hall–Kier alpha value is -1.83. The Labute approximate surface area is 207 Å². The van der Waals surface area contributed by atoms with Crippen LogP contribution in [0.5, 0.6) is 5.75 Å². The molecule has 2 aromatic rings. The average molecular weight is 507 g/mol. The van der Waals surface area contributed by atoms with Crippen LogP contribution in [0.4, 0.5) is 0 Å². The number of carbonyl (C=O) groups excluding carboxylic acids is 1. The van der Waals surface area contributed by atoms with Crippen LogP contribution >= 0.6 is 23.1 Å². The van der Waals surface area contributed by atoms with Crippen molar-refractivity contribution in [2.75, 3.05) is 12.9 Å². The molecule has 4 nitrogen and oxygen atoms in total. The molecule has 7 heteroatoms. The summed E-state index contributed by atoms with van der Waals surface area (Å²) in [5.41, 5.74) is 1.60. The van der Waals surface area contributed by atoms with Crippen molar-refractivity contribution in [3.05, 3.63) is 63.2 Å². The lowest BCUT2D eigenvalue weighted by atomic mass is 10.0. The van der Waals surface area contributed by atoms with E-state index in [2.05, 4.69) is 26.5 Å². The van der Waals surface area contributed by atoms with Crippen molar-refractivity contribution in [2.45, 2.75) is 58.3 Å². The van der Waals surface area contributed by atoms with Gasteiger partial charge >= 0.3 is 0 Å². The Morgan fingerprint density at radius 1 is 1.21 bits per heavy atom. The predicted molar refractivity (Wildman–Crippen MR) is 142 cm³/mol. The standard InChI is InChI=1S/C26H34O4S3/c1-7-25(32-20(5)26-12-9-15-31-26)19(4)10-8-11-23(27)22-16-21(33(6,28)29)13-14-24(22)30-17-18(2)3/h9,12-16,18H,5,7-8,10-11,17H2,1-4,6H3/b25-19+. The largest absolute Gasteiger partial charge is 0.493 e. The summed E-state index contributed by atoms with van der Waals surface area (Å²) in [5, 5.41) is 2.05. The van der Waals surface area contributed by atoms with Crippen LogP contribution < -0.4 is 4.74 Å². The molecule has 0 spiro atoms. The number of hydrogen-bond acceptors (Lipinski definition) is 6. The van der Waals surface area contributed by atoms with Gasteiger partial charge in [0.05, 0.1) is 17.1 Å². The third-order valence-electron chi connectivity index (χ3n) is 5.05. The molecule has 180 valence electrons. The predicted octanol–water partition coefficient (Wildman–Crippen LogP) is 7.63. The van der Waals surface area contributed by atoms with Crippen LogP contribution in [-0.4, -0.2) is 27.1 Å². The van der Waals surface area contributed by atoms with E-state index in [-0.39, 0.29) is 10.7 Å².